The average molecular weight is 468 g/mol. The molecule has 0 aromatic rings. The minimum Gasteiger partial charge on any atom is -0.545 e. The number of carboxylic acids is 1. The van der Waals surface area contributed by atoms with E-state index in [1.54, 1.807) is 0 Å². The Morgan fingerprint density at radius 1 is 0.880 bits per heavy atom. The Labute approximate surface area is 178 Å². The van der Waals surface area contributed by atoms with Crippen LogP contribution in [0.15, 0.2) is 33.9 Å². The number of hydrogen-bond donors (Lipinski definition) is 0. The van der Waals surface area contributed by atoms with Crippen molar-refractivity contribution in [3.63, 3.8) is 0 Å². The SMILES string of the molecule is C=CC(=O)[O-].ClC1=C(C2=C(Cl)C(Cl)(Cl)CCCC2)CCCCC1(Cl)Cl. The molecule has 2 aliphatic rings. The van der Waals surface area contributed by atoms with E-state index < -0.39 is 14.6 Å². The highest BCUT2D eigenvalue weighted by Crippen LogP contribution is 2.50. The molecule has 0 fully saturated rings. The van der Waals surface area contributed by atoms with Crippen molar-refractivity contribution in [2.24, 2.45) is 0 Å². The van der Waals surface area contributed by atoms with E-state index in [4.69, 9.17) is 79.5 Å². The molecule has 2 aliphatic carbocycles. The highest BCUT2D eigenvalue weighted by atomic mass is 35.5. The number of carboxylic acid groups (broad SMARTS) is 1. The Kier molecular flexibility index (Phi) is 9.49. The first-order valence-electron chi connectivity index (χ1n) is 7.90. The summed E-state index contributed by atoms with van der Waals surface area (Å²) in [4.78, 5) is 9.14. The topological polar surface area (TPSA) is 40.1 Å². The number of hydrogen-bond acceptors (Lipinski definition) is 2. The van der Waals surface area contributed by atoms with E-state index in [9.17, 15) is 0 Å². The highest BCUT2D eigenvalue weighted by Gasteiger charge is 2.37. The first-order valence-corrected chi connectivity index (χ1v) is 10.2. The normalized spacial score (nSPS) is 23.1. The molecule has 25 heavy (non-hydrogen) atoms. The second-order valence-corrected chi connectivity index (χ2v) is 9.66. The Morgan fingerprint density at radius 2 is 1.20 bits per heavy atom. The molecule has 0 unspecified atom stereocenters. The van der Waals surface area contributed by atoms with E-state index in [1.165, 1.54) is 0 Å². The van der Waals surface area contributed by atoms with E-state index in [-0.39, 0.29) is 0 Å². The van der Waals surface area contributed by atoms with Gasteiger partial charge in [-0.1, -0.05) is 76.2 Å². The zero-order chi connectivity index (χ0) is 19.3. The molecule has 0 radical (unpaired) electrons. The molecule has 2 nitrogen and oxygen atoms in total. The highest BCUT2D eigenvalue weighted by molar-refractivity contribution is 6.57. The van der Waals surface area contributed by atoms with Crippen molar-refractivity contribution in [2.75, 3.05) is 0 Å². The van der Waals surface area contributed by atoms with E-state index in [0.29, 0.717) is 22.9 Å². The lowest BCUT2D eigenvalue weighted by Gasteiger charge is -2.23. The van der Waals surface area contributed by atoms with E-state index in [2.05, 4.69) is 6.58 Å². The molecule has 8 heteroatoms. The van der Waals surface area contributed by atoms with Crippen molar-refractivity contribution in [1.29, 1.82) is 0 Å². The number of carbonyl (C=O) groups is 1. The number of halogens is 6. The van der Waals surface area contributed by atoms with Crippen LogP contribution in [-0.2, 0) is 4.79 Å². The molecule has 142 valence electrons. The Balaban J connectivity index is 0.000000550. The van der Waals surface area contributed by atoms with Gasteiger partial charge in [0.2, 0.25) is 0 Å². The molecule has 0 atom stereocenters. The van der Waals surface area contributed by atoms with Crippen molar-refractivity contribution >= 4 is 75.6 Å². The molecule has 0 N–H and O–H groups in total. The molecule has 0 saturated carbocycles. The summed E-state index contributed by atoms with van der Waals surface area (Å²) in [6.07, 6.45) is 7.49. The molecular formula is C17H19Cl6O2-. The van der Waals surface area contributed by atoms with Crippen LogP contribution in [-0.4, -0.2) is 14.6 Å². The van der Waals surface area contributed by atoms with Gasteiger partial charge in [-0.2, -0.15) is 0 Å². The number of rotatable bonds is 2. The number of carbonyl (C=O) groups excluding carboxylic acids is 1. The maximum atomic E-state index is 9.14. The summed E-state index contributed by atoms with van der Waals surface area (Å²) < 4.78 is -2.07. The maximum absolute atomic E-state index is 9.14. The summed E-state index contributed by atoms with van der Waals surface area (Å²) in [5.41, 5.74) is 1.87. The fourth-order valence-corrected chi connectivity index (χ4v) is 4.34. The van der Waals surface area contributed by atoms with Crippen LogP contribution in [0.25, 0.3) is 0 Å². The van der Waals surface area contributed by atoms with Gasteiger partial charge in [0.15, 0.2) is 8.67 Å². The largest absolute Gasteiger partial charge is 0.545 e. The van der Waals surface area contributed by atoms with Crippen molar-refractivity contribution in [3.05, 3.63) is 33.9 Å². The Hall–Kier alpha value is 0.430. The van der Waals surface area contributed by atoms with Gasteiger partial charge in [0, 0.05) is 0 Å². The van der Waals surface area contributed by atoms with Crippen LogP contribution in [0.3, 0.4) is 0 Å². The van der Waals surface area contributed by atoms with Crippen LogP contribution >= 0.6 is 69.6 Å². The van der Waals surface area contributed by atoms with E-state index in [1.807, 2.05) is 0 Å². The van der Waals surface area contributed by atoms with Gasteiger partial charge in [-0.25, -0.2) is 0 Å². The molecule has 0 saturated heterocycles. The van der Waals surface area contributed by atoms with Crippen LogP contribution in [0.4, 0.5) is 0 Å². The minimum atomic E-state index is -1.23. The first-order chi connectivity index (χ1) is 11.5. The molecule has 0 aromatic heterocycles. The monoisotopic (exact) mass is 465 g/mol. The van der Waals surface area contributed by atoms with Gasteiger partial charge in [-0.15, -0.1) is 0 Å². The molecule has 0 aliphatic heterocycles. The summed E-state index contributed by atoms with van der Waals surface area (Å²) in [7, 11) is 0. The van der Waals surface area contributed by atoms with Crippen molar-refractivity contribution < 1.29 is 9.90 Å². The van der Waals surface area contributed by atoms with Gasteiger partial charge in [0.25, 0.3) is 0 Å². The third-order valence-electron chi connectivity index (χ3n) is 4.04. The van der Waals surface area contributed by atoms with Crippen LogP contribution in [0.1, 0.15) is 51.4 Å². The van der Waals surface area contributed by atoms with Gasteiger partial charge in [0.1, 0.15) is 0 Å². The third-order valence-corrected chi connectivity index (χ3v) is 7.04. The third kappa shape index (κ3) is 6.83. The second-order valence-electron chi connectivity index (χ2n) is 5.93. The smallest absolute Gasteiger partial charge is 0.153 e. The lowest BCUT2D eigenvalue weighted by Crippen LogP contribution is -2.17. The molecule has 0 bridgehead atoms. The zero-order valence-electron chi connectivity index (χ0n) is 13.5. The number of aliphatic carboxylic acids is 1. The minimum absolute atomic E-state index is 0.484. The quantitative estimate of drug-likeness (QED) is 0.348. The molecule has 0 spiro atoms. The van der Waals surface area contributed by atoms with Gasteiger partial charge in [-0.3, -0.25) is 0 Å². The molecule has 0 amide bonds. The molecule has 0 heterocycles. The van der Waals surface area contributed by atoms with Gasteiger partial charge in [-0.05, 0) is 68.6 Å². The van der Waals surface area contributed by atoms with Crippen LogP contribution < -0.4 is 5.11 Å². The van der Waals surface area contributed by atoms with E-state index >= 15 is 0 Å². The van der Waals surface area contributed by atoms with Crippen LogP contribution in [0.5, 0.6) is 0 Å². The van der Waals surface area contributed by atoms with Crippen molar-refractivity contribution in [3.8, 4) is 0 Å². The lowest BCUT2D eigenvalue weighted by molar-refractivity contribution is -0.297. The second kappa shape index (κ2) is 10.1. The van der Waals surface area contributed by atoms with Gasteiger partial charge < -0.3 is 9.90 Å². The van der Waals surface area contributed by atoms with Gasteiger partial charge in [0.05, 0.1) is 16.0 Å². The molecule has 2 rings (SSSR count). The summed E-state index contributed by atoms with van der Waals surface area (Å²) in [5, 5.41) is 10.1. The predicted molar refractivity (Wildman–Crippen MR) is 107 cm³/mol. The van der Waals surface area contributed by atoms with E-state index in [0.717, 1.165) is 55.7 Å². The predicted octanol–water partition coefficient (Wildman–Crippen LogP) is 6.39. The Bertz CT molecular complexity index is 536. The standard InChI is InChI=1S/C14H16Cl6.C3H4O2/c15-11-9(5-1-3-7-13(11,17)18)10-6-2-4-8-14(19,20)12(10)16;1-2-3(4)5/h1-8H2;2H,1H2,(H,4,5)/p-1. The summed E-state index contributed by atoms with van der Waals surface area (Å²) in [6.45, 7) is 2.90. The van der Waals surface area contributed by atoms with Crippen LogP contribution in [0, 0.1) is 0 Å². The lowest BCUT2D eigenvalue weighted by atomic mass is 9.97. The zero-order valence-corrected chi connectivity index (χ0v) is 18.1. The molecule has 0 aromatic carbocycles. The number of allylic oxidation sites excluding steroid dienone is 4. The van der Waals surface area contributed by atoms with Crippen molar-refractivity contribution in [2.45, 2.75) is 60.0 Å². The first kappa shape index (κ1) is 23.5. The maximum Gasteiger partial charge on any atom is 0.153 e. The average Bonchev–Trinajstić information content (AvgIpc) is 2.75. The van der Waals surface area contributed by atoms with Crippen LogP contribution in [0.2, 0.25) is 0 Å². The fraction of sp³-hybridized carbons (Fsp3) is 0.588. The van der Waals surface area contributed by atoms with Crippen molar-refractivity contribution in [1.82, 2.24) is 0 Å². The summed E-state index contributed by atoms with van der Waals surface area (Å²) >= 11 is 38.3. The summed E-state index contributed by atoms with van der Waals surface area (Å²) in [6, 6.07) is 0. The fourth-order valence-electron chi connectivity index (χ4n) is 2.74. The number of alkyl halides is 4. The Morgan fingerprint density at radius 3 is 1.48 bits per heavy atom. The summed E-state index contributed by atoms with van der Waals surface area (Å²) in [5.74, 6) is -1.23. The molecular weight excluding hydrogens is 449 g/mol. The van der Waals surface area contributed by atoms with Gasteiger partial charge >= 0.3 is 0 Å².